The van der Waals surface area contributed by atoms with Crippen LogP contribution in [0.1, 0.15) is 31.9 Å². The zero-order chi connectivity index (χ0) is 17.1. The van der Waals surface area contributed by atoms with Gasteiger partial charge in [-0.05, 0) is 19.4 Å². The molecule has 1 aliphatic rings. The van der Waals surface area contributed by atoms with Crippen molar-refractivity contribution in [1.29, 1.82) is 0 Å². The van der Waals surface area contributed by atoms with Crippen LogP contribution in [0, 0.1) is 5.92 Å². The number of hydrogen-bond donors (Lipinski definition) is 1. The fourth-order valence-corrected chi connectivity index (χ4v) is 2.81. The number of nitrogens with zero attached hydrogens (tertiary/aromatic N) is 3. The minimum atomic E-state index is -0.316. The van der Waals surface area contributed by atoms with Crippen molar-refractivity contribution in [3.63, 3.8) is 0 Å². The molecular weight excluding hydrogens is 304 g/mol. The van der Waals surface area contributed by atoms with Crippen molar-refractivity contribution in [2.75, 3.05) is 11.4 Å². The topological polar surface area (TPSA) is 67.2 Å². The SMILES string of the molecule is CC(C)n1cc(N2C[C@H](C(=O)NCc3ccccc3)CC2=O)cn1. The van der Waals surface area contributed by atoms with Gasteiger partial charge in [-0.25, -0.2) is 0 Å². The van der Waals surface area contributed by atoms with Gasteiger partial charge < -0.3 is 10.2 Å². The van der Waals surface area contributed by atoms with Gasteiger partial charge in [0.15, 0.2) is 0 Å². The van der Waals surface area contributed by atoms with Crippen molar-refractivity contribution >= 4 is 17.5 Å². The summed E-state index contributed by atoms with van der Waals surface area (Å²) in [7, 11) is 0. The average molecular weight is 326 g/mol. The zero-order valence-electron chi connectivity index (χ0n) is 14.0. The van der Waals surface area contributed by atoms with Crippen LogP contribution < -0.4 is 10.2 Å². The summed E-state index contributed by atoms with van der Waals surface area (Å²) in [5.41, 5.74) is 1.80. The third-order valence-corrected chi connectivity index (χ3v) is 4.23. The Hall–Kier alpha value is -2.63. The molecule has 1 aromatic heterocycles. The van der Waals surface area contributed by atoms with Crippen LogP contribution in [0.3, 0.4) is 0 Å². The minimum absolute atomic E-state index is 0.0295. The van der Waals surface area contributed by atoms with Crippen molar-refractivity contribution in [2.24, 2.45) is 5.92 Å². The maximum atomic E-state index is 12.3. The Bertz CT molecular complexity index is 724. The molecule has 2 heterocycles. The molecule has 1 saturated heterocycles. The number of carbonyl (C=O) groups excluding carboxylic acids is 2. The van der Waals surface area contributed by atoms with Gasteiger partial charge in [-0.15, -0.1) is 0 Å². The standard InChI is InChI=1S/C18H22N4O2/c1-13(2)22-12-16(10-20-22)21-11-15(8-17(21)23)18(24)19-9-14-6-4-3-5-7-14/h3-7,10,12-13,15H,8-9,11H2,1-2H3,(H,19,24)/t15-/m1/s1. The summed E-state index contributed by atoms with van der Waals surface area (Å²) in [5.74, 6) is -0.423. The van der Waals surface area contributed by atoms with Gasteiger partial charge in [0.1, 0.15) is 0 Å². The zero-order valence-corrected chi connectivity index (χ0v) is 14.0. The molecule has 1 fully saturated rings. The van der Waals surface area contributed by atoms with Gasteiger partial charge in [0.25, 0.3) is 0 Å². The Morgan fingerprint density at radius 2 is 2.08 bits per heavy atom. The highest BCUT2D eigenvalue weighted by atomic mass is 16.2. The fourth-order valence-electron chi connectivity index (χ4n) is 2.81. The first kappa shape index (κ1) is 16.2. The quantitative estimate of drug-likeness (QED) is 0.915. The minimum Gasteiger partial charge on any atom is -0.352 e. The molecule has 3 rings (SSSR count). The monoisotopic (exact) mass is 326 g/mol. The van der Waals surface area contributed by atoms with Crippen LogP contribution in [-0.2, 0) is 16.1 Å². The summed E-state index contributed by atoms with van der Waals surface area (Å²) in [6.45, 7) is 4.95. The first-order valence-corrected chi connectivity index (χ1v) is 8.20. The van der Waals surface area contributed by atoms with Gasteiger partial charge in [0, 0.05) is 31.7 Å². The van der Waals surface area contributed by atoms with Gasteiger partial charge in [-0.2, -0.15) is 5.10 Å². The molecule has 1 aliphatic heterocycles. The number of anilines is 1. The Morgan fingerprint density at radius 1 is 1.33 bits per heavy atom. The normalized spacial score (nSPS) is 17.5. The van der Waals surface area contributed by atoms with E-state index in [0.717, 1.165) is 11.3 Å². The van der Waals surface area contributed by atoms with E-state index < -0.39 is 0 Å². The number of nitrogens with one attached hydrogen (secondary N) is 1. The largest absolute Gasteiger partial charge is 0.352 e. The van der Waals surface area contributed by atoms with Crippen LogP contribution >= 0.6 is 0 Å². The lowest BCUT2D eigenvalue weighted by molar-refractivity contribution is -0.126. The third kappa shape index (κ3) is 3.48. The second kappa shape index (κ2) is 6.86. The van der Waals surface area contributed by atoms with Gasteiger partial charge in [-0.1, -0.05) is 30.3 Å². The highest BCUT2D eigenvalue weighted by Gasteiger charge is 2.35. The maximum Gasteiger partial charge on any atom is 0.227 e. The summed E-state index contributed by atoms with van der Waals surface area (Å²) in [6, 6.07) is 9.99. The number of rotatable bonds is 5. The lowest BCUT2D eigenvalue weighted by Crippen LogP contribution is -2.32. The molecule has 6 nitrogen and oxygen atoms in total. The molecule has 2 amide bonds. The molecule has 2 aromatic rings. The lowest BCUT2D eigenvalue weighted by atomic mass is 10.1. The van der Waals surface area contributed by atoms with Crippen LogP contribution in [0.15, 0.2) is 42.7 Å². The van der Waals surface area contributed by atoms with Crippen LogP contribution in [0.2, 0.25) is 0 Å². The maximum absolute atomic E-state index is 12.3. The van der Waals surface area contributed by atoms with E-state index in [1.165, 1.54) is 0 Å². The van der Waals surface area contributed by atoms with E-state index in [0.29, 0.717) is 13.1 Å². The number of hydrogen-bond acceptors (Lipinski definition) is 3. The van der Waals surface area contributed by atoms with Crippen LogP contribution in [-0.4, -0.2) is 28.1 Å². The van der Waals surface area contributed by atoms with Crippen molar-refractivity contribution in [1.82, 2.24) is 15.1 Å². The molecule has 0 unspecified atom stereocenters. The molecule has 0 aliphatic carbocycles. The summed E-state index contributed by atoms with van der Waals surface area (Å²) < 4.78 is 1.81. The number of amides is 2. The fraction of sp³-hybridized carbons (Fsp3) is 0.389. The summed E-state index contributed by atoms with van der Waals surface area (Å²) >= 11 is 0. The number of benzene rings is 1. The van der Waals surface area contributed by atoms with Crippen molar-refractivity contribution < 1.29 is 9.59 Å². The second-order valence-electron chi connectivity index (χ2n) is 6.38. The van der Waals surface area contributed by atoms with Gasteiger partial charge in [-0.3, -0.25) is 14.3 Å². The second-order valence-corrected chi connectivity index (χ2v) is 6.38. The Kier molecular flexibility index (Phi) is 4.64. The van der Waals surface area contributed by atoms with E-state index in [4.69, 9.17) is 0 Å². The van der Waals surface area contributed by atoms with Gasteiger partial charge in [0.2, 0.25) is 11.8 Å². The van der Waals surface area contributed by atoms with Crippen LogP contribution in [0.4, 0.5) is 5.69 Å². The summed E-state index contributed by atoms with van der Waals surface area (Å²) in [4.78, 5) is 26.2. The Morgan fingerprint density at radius 3 is 2.75 bits per heavy atom. The van der Waals surface area contributed by atoms with E-state index in [1.807, 2.05) is 55.1 Å². The predicted molar refractivity (Wildman–Crippen MR) is 91.4 cm³/mol. The molecule has 0 saturated carbocycles. The molecule has 1 N–H and O–H groups in total. The number of aromatic nitrogens is 2. The summed E-state index contributed by atoms with van der Waals surface area (Å²) in [6.07, 6.45) is 3.78. The van der Waals surface area contributed by atoms with Crippen molar-refractivity contribution in [2.45, 2.75) is 32.9 Å². The molecule has 1 atom stereocenters. The molecule has 126 valence electrons. The molecule has 24 heavy (non-hydrogen) atoms. The van der Waals surface area contributed by atoms with Gasteiger partial charge >= 0.3 is 0 Å². The molecular formula is C18H22N4O2. The van der Waals surface area contributed by atoms with Crippen molar-refractivity contribution in [3.8, 4) is 0 Å². The Labute approximate surface area is 141 Å². The third-order valence-electron chi connectivity index (χ3n) is 4.23. The van der Waals surface area contributed by atoms with Crippen LogP contribution in [0.5, 0.6) is 0 Å². The van der Waals surface area contributed by atoms with Crippen LogP contribution in [0.25, 0.3) is 0 Å². The Balaban J connectivity index is 1.60. The highest BCUT2D eigenvalue weighted by Crippen LogP contribution is 2.25. The summed E-state index contributed by atoms with van der Waals surface area (Å²) in [5, 5.41) is 7.18. The van der Waals surface area contributed by atoms with Crippen molar-refractivity contribution in [3.05, 3.63) is 48.3 Å². The average Bonchev–Trinajstić information content (AvgIpc) is 3.20. The van der Waals surface area contributed by atoms with E-state index in [2.05, 4.69) is 10.4 Å². The van der Waals surface area contributed by atoms with E-state index >= 15 is 0 Å². The highest BCUT2D eigenvalue weighted by molar-refractivity contribution is 6.00. The molecule has 1 aromatic carbocycles. The first-order valence-electron chi connectivity index (χ1n) is 8.20. The molecule has 0 bridgehead atoms. The predicted octanol–water partition coefficient (Wildman–Crippen LogP) is 2.13. The van der Waals surface area contributed by atoms with E-state index in [-0.39, 0.29) is 30.2 Å². The molecule has 6 heteroatoms. The smallest absolute Gasteiger partial charge is 0.227 e. The number of carbonyl (C=O) groups is 2. The van der Waals surface area contributed by atoms with E-state index in [1.54, 1.807) is 11.1 Å². The molecule has 0 radical (unpaired) electrons. The van der Waals surface area contributed by atoms with Gasteiger partial charge in [0.05, 0.1) is 17.8 Å². The first-order chi connectivity index (χ1) is 11.5. The van der Waals surface area contributed by atoms with E-state index in [9.17, 15) is 9.59 Å². The lowest BCUT2D eigenvalue weighted by Gasteiger charge is -2.14. The molecule has 0 spiro atoms.